The summed E-state index contributed by atoms with van der Waals surface area (Å²) in [5, 5.41) is 22.4. The van der Waals surface area contributed by atoms with Crippen LogP contribution in [-0.2, 0) is 0 Å². The molecule has 21 heavy (non-hydrogen) atoms. The van der Waals surface area contributed by atoms with Crippen LogP contribution in [0.2, 0.25) is 5.02 Å². The van der Waals surface area contributed by atoms with Gasteiger partial charge in [-0.15, -0.1) is 0 Å². The van der Waals surface area contributed by atoms with Gasteiger partial charge in [0.05, 0.1) is 15.5 Å². The van der Waals surface area contributed by atoms with Gasteiger partial charge in [-0.2, -0.15) is 0 Å². The maximum atomic E-state index is 12.0. The summed E-state index contributed by atoms with van der Waals surface area (Å²) in [6.07, 6.45) is 2.51. The van der Waals surface area contributed by atoms with E-state index in [1.165, 1.54) is 12.1 Å². The molecule has 0 aliphatic carbocycles. The number of hydrogen-bond donors (Lipinski definition) is 2. The molecule has 0 radical (unpaired) electrons. The third-order valence-corrected chi connectivity index (χ3v) is 3.51. The number of benzene rings is 1. The van der Waals surface area contributed by atoms with Crippen molar-refractivity contribution in [2.75, 3.05) is 13.2 Å². The summed E-state index contributed by atoms with van der Waals surface area (Å²) in [4.78, 5) is 22.1. The number of nitro groups is 1. The number of halogens is 1. The third-order valence-electron chi connectivity index (χ3n) is 3.19. The molecule has 0 aromatic heterocycles. The van der Waals surface area contributed by atoms with Gasteiger partial charge in [0.2, 0.25) is 0 Å². The lowest BCUT2D eigenvalue weighted by Gasteiger charge is -2.15. The van der Waals surface area contributed by atoms with Crippen LogP contribution in [0.25, 0.3) is 0 Å². The smallest absolute Gasteiger partial charge is 0.270 e. The van der Waals surface area contributed by atoms with Crippen LogP contribution < -0.4 is 5.32 Å². The van der Waals surface area contributed by atoms with Crippen molar-refractivity contribution in [3.05, 3.63) is 38.9 Å². The van der Waals surface area contributed by atoms with Crippen molar-refractivity contribution in [1.82, 2.24) is 5.32 Å². The van der Waals surface area contributed by atoms with E-state index in [0.717, 1.165) is 18.9 Å². The van der Waals surface area contributed by atoms with Gasteiger partial charge in [0.25, 0.3) is 11.6 Å². The summed E-state index contributed by atoms with van der Waals surface area (Å²) < 4.78 is 0. The van der Waals surface area contributed by atoms with Crippen molar-refractivity contribution in [3.63, 3.8) is 0 Å². The number of non-ortho nitro benzene ring substituents is 1. The first-order valence-electron chi connectivity index (χ1n) is 6.82. The van der Waals surface area contributed by atoms with Gasteiger partial charge >= 0.3 is 0 Å². The van der Waals surface area contributed by atoms with Crippen LogP contribution in [0.15, 0.2) is 18.2 Å². The van der Waals surface area contributed by atoms with Gasteiger partial charge < -0.3 is 10.4 Å². The Morgan fingerprint density at radius 3 is 2.71 bits per heavy atom. The van der Waals surface area contributed by atoms with E-state index in [1.807, 2.05) is 6.92 Å². The first-order chi connectivity index (χ1) is 9.99. The molecule has 0 saturated heterocycles. The molecule has 1 rings (SSSR count). The average Bonchev–Trinajstić information content (AvgIpc) is 2.44. The van der Waals surface area contributed by atoms with E-state index in [2.05, 4.69) is 5.32 Å². The number of amides is 1. The van der Waals surface area contributed by atoms with Gasteiger partial charge in [-0.05, 0) is 24.8 Å². The van der Waals surface area contributed by atoms with Gasteiger partial charge in [-0.25, -0.2) is 0 Å². The number of aliphatic hydroxyl groups is 1. The minimum absolute atomic E-state index is 0.0518. The molecular weight excluding hydrogens is 296 g/mol. The Kier molecular flexibility index (Phi) is 7.11. The molecular formula is C14H19ClN2O4. The number of hydrogen-bond acceptors (Lipinski definition) is 4. The van der Waals surface area contributed by atoms with E-state index in [9.17, 15) is 14.9 Å². The topological polar surface area (TPSA) is 92.5 Å². The predicted octanol–water partition coefficient (Wildman–Crippen LogP) is 2.78. The number of nitro benzene ring substituents is 1. The van der Waals surface area contributed by atoms with E-state index in [-0.39, 0.29) is 34.7 Å². The Morgan fingerprint density at radius 2 is 2.19 bits per heavy atom. The molecule has 0 saturated carbocycles. The van der Waals surface area contributed by atoms with E-state index in [1.54, 1.807) is 0 Å². The molecule has 0 fully saturated rings. The Labute approximate surface area is 128 Å². The molecule has 2 N–H and O–H groups in total. The van der Waals surface area contributed by atoms with Crippen LogP contribution in [0.5, 0.6) is 0 Å². The lowest BCUT2D eigenvalue weighted by Crippen LogP contribution is -2.30. The molecule has 116 valence electrons. The fourth-order valence-corrected chi connectivity index (χ4v) is 2.33. The minimum Gasteiger partial charge on any atom is -0.396 e. The SMILES string of the molecule is CCCC(CCO)CNC(=O)c1ccc([N+](=O)[O-])cc1Cl. The molecule has 6 nitrogen and oxygen atoms in total. The van der Waals surface area contributed by atoms with Gasteiger partial charge in [-0.3, -0.25) is 14.9 Å². The Bertz CT molecular complexity index is 502. The highest BCUT2D eigenvalue weighted by atomic mass is 35.5. The second-order valence-electron chi connectivity index (χ2n) is 4.80. The van der Waals surface area contributed by atoms with Gasteiger partial charge in [0.1, 0.15) is 0 Å². The second-order valence-corrected chi connectivity index (χ2v) is 5.21. The van der Waals surface area contributed by atoms with Crippen molar-refractivity contribution < 1.29 is 14.8 Å². The predicted molar refractivity (Wildman–Crippen MR) is 80.5 cm³/mol. The Morgan fingerprint density at radius 1 is 1.48 bits per heavy atom. The van der Waals surface area contributed by atoms with Crippen LogP contribution in [-0.4, -0.2) is 29.1 Å². The third kappa shape index (κ3) is 5.32. The zero-order valence-corrected chi connectivity index (χ0v) is 12.6. The minimum atomic E-state index is -0.563. The van der Waals surface area contributed by atoms with Crippen LogP contribution >= 0.6 is 11.6 Å². The normalized spacial score (nSPS) is 12.0. The van der Waals surface area contributed by atoms with Crippen LogP contribution in [0.1, 0.15) is 36.5 Å². The monoisotopic (exact) mass is 314 g/mol. The lowest BCUT2D eigenvalue weighted by atomic mass is 10.00. The Hall–Kier alpha value is -1.66. The van der Waals surface area contributed by atoms with Crippen LogP contribution in [0.3, 0.4) is 0 Å². The summed E-state index contributed by atoms with van der Waals surface area (Å²) >= 11 is 5.90. The van der Waals surface area contributed by atoms with E-state index in [4.69, 9.17) is 16.7 Å². The van der Waals surface area contributed by atoms with Crippen molar-refractivity contribution in [2.24, 2.45) is 5.92 Å². The quantitative estimate of drug-likeness (QED) is 0.570. The van der Waals surface area contributed by atoms with Crippen molar-refractivity contribution in [3.8, 4) is 0 Å². The fraction of sp³-hybridized carbons (Fsp3) is 0.500. The number of nitrogens with one attached hydrogen (secondary N) is 1. The first-order valence-corrected chi connectivity index (χ1v) is 7.20. The number of rotatable bonds is 8. The van der Waals surface area contributed by atoms with Gasteiger partial charge in [0.15, 0.2) is 0 Å². The van der Waals surface area contributed by atoms with Gasteiger partial charge in [-0.1, -0.05) is 24.9 Å². The fourth-order valence-electron chi connectivity index (χ4n) is 2.07. The van der Waals surface area contributed by atoms with Crippen LogP contribution in [0, 0.1) is 16.0 Å². The van der Waals surface area contributed by atoms with Gasteiger partial charge in [0, 0.05) is 25.3 Å². The summed E-state index contributed by atoms with van der Waals surface area (Å²) in [5.41, 5.74) is 0.0576. The molecule has 0 spiro atoms. The maximum Gasteiger partial charge on any atom is 0.270 e. The number of nitrogens with zero attached hydrogens (tertiary/aromatic N) is 1. The van der Waals surface area contributed by atoms with Crippen molar-refractivity contribution in [1.29, 1.82) is 0 Å². The molecule has 1 atom stereocenters. The Balaban J connectivity index is 2.69. The summed E-state index contributed by atoms with van der Waals surface area (Å²) in [6, 6.07) is 3.75. The highest BCUT2D eigenvalue weighted by molar-refractivity contribution is 6.34. The molecule has 0 heterocycles. The van der Waals surface area contributed by atoms with Crippen molar-refractivity contribution >= 4 is 23.2 Å². The van der Waals surface area contributed by atoms with E-state index in [0.29, 0.717) is 13.0 Å². The standard InChI is InChI=1S/C14H19ClN2O4/c1-2-3-10(6-7-18)9-16-14(19)12-5-4-11(17(20)21)8-13(12)15/h4-5,8,10,18H,2-3,6-7,9H2,1H3,(H,16,19). The number of aliphatic hydroxyl groups excluding tert-OH is 1. The molecule has 0 aliphatic rings. The lowest BCUT2D eigenvalue weighted by molar-refractivity contribution is -0.384. The maximum absolute atomic E-state index is 12.0. The summed E-state index contributed by atoms with van der Waals surface area (Å²) in [6.45, 7) is 2.57. The zero-order chi connectivity index (χ0) is 15.8. The number of carbonyl (C=O) groups excluding carboxylic acids is 1. The molecule has 1 unspecified atom stereocenters. The number of carbonyl (C=O) groups is 1. The van der Waals surface area contributed by atoms with E-state index >= 15 is 0 Å². The molecule has 1 aromatic rings. The zero-order valence-electron chi connectivity index (χ0n) is 11.8. The first kappa shape index (κ1) is 17.4. The molecule has 0 aliphatic heterocycles. The highest BCUT2D eigenvalue weighted by Gasteiger charge is 2.16. The largest absolute Gasteiger partial charge is 0.396 e. The summed E-state index contributed by atoms with van der Waals surface area (Å²) in [7, 11) is 0. The molecule has 1 amide bonds. The average molecular weight is 315 g/mol. The molecule has 1 aromatic carbocycles. The van der Waals surface area contributed by atoms with Crippen LogP contribution in [0.4, 0.5) is 5.69 Å². The molecule has 0 bridgehead atoms. The van der Waals surface area contributed by atoms with Crippen molar-refractivity contribution in [2.45, 2.75) is 26.2 Å². The van der Waals surface area contributed by atoms with E-state index < -0.39 is 4.92 Å². The molecule has 7 heteroatoms. The highest BCUT2D eigenvalue weighted by Crippen LogP contribution is 2.22. The second kappa shape index (κ2) is 8.59. The summed E-state index contributed by atoms with van der Waals surface area (Å²) in [5.74, 6) is -0.158.